The van der Waals surface area contributed by atoms with E-state index in [0.29, 0.717) is 39.0 Å². The van der Waals surface area contributed by atoms with Crippen LogP contribution in [0.5, 0.6) is 0 Å². The van der Waals surface area contributed by atoms with Crippen LogP contribution < -0.4 is 5.32 Å². The molecule has 1 N–H and O–H groups in total. The van der Waals surface area contributed by atoms with Gasteiger partial charge in [0.25, 0.3) is 0 Å². The van der Waals surface area contributed by atoms with E-state index in [0.717, 1.165) is 19.3 Å². The summed E-state index contributed by atoms with van der Waals surface area (Å²) in [6.45, 7) is 11.1. The Labute approximate surface area is 140 Å². The van der Waals surface area contributed by atoms with Gasteiger partial charge in [0.15, 0.2) is 0 Å². The smallest absolute Gasteiger partial charge is 0.249 e. The molecule has 0 bridgehead atoms. The van der Waals surface area contributed by atoms with Crippen LogP contribution in [0.4, 0.5) is 0 Å². The first-order valence-electron chi connectivity index (χ1n) is 8.84. The van der Waals surface area contributed by atoms with Crippen molar-refractivity contribution in [3.8, 4) is 0 Å². The summed E-state index contributed by atoms with van der Waals surface area (Å²) in [7, 11) is 0. The van der Waals surface area contributed by atoms with E-state index in [-0.39, 0.29) is 11.8 Å². The van der Waals surface area contributed by atoms with Gasteiger partial charge in [0.1, 0.15) is 11.6 Å². The molecule has 1 saturated carbocycles. The van der Waals surface area contributed by atoms with Crippen LogP contribution in [0.1, 0.15) is 59.3 Å². The monoisotopic (exact) mass is 324 g/mol. The Morgan fingerprint density at radius 1 is 1.26 bits per heavy atom. The van der Waals surface area contributed by atoms with Gasteiger partial charge in [-0.15, -0.1) is 6.58 Å². The average molecular weight is 324 g/mol. The Balaban J connectivity index is 2.79. The zero-order valence-electron chi connectivity index (χ0n) is 14.9. The van der Waals surface area contributed by atoms with Gasteiger partial charge >= 0.3 is 0 Å². The van der Waals surface area contributed by atoms with Crippen molar-refractivity contribution in [3.05, 3.63) is 12.7 Å². The first kappa shape index (κ1) is 19.7. The molecule has 0 aromatic carbocycles. The molecule has 0 saturated heterocycles. The average Bonchev–Trinajstić information content (AvgIpc) is 2.56. The minimum atomic E-state index is -0.753. The standard InChI is InChI=1S/C18H32N2O3/c1-5-8-14-23-15(4)16(21)19-18(12-10-9-11-13-18)17(22)20(6-2)7-3/h5,15H,1,6-14H2,2-4H3,(H,19,21). The molecule has 1 rings (SSSR count). The summed E-state index contributed by atoms with van der Waals surface area (Å²) in [5, 5.41) is 3.03. The normalized spacial score (nSPS) is 18.0. The number of hydrogen-bond donors (Lipinski definition) is 1. The number of nitrogens with one attached hydrogen (secondary N) is 1. The summed E-state index contributed by atoms with van der Waals surface area (Å²) in [5.41, 5.74) is -0.753. The second kappa shape index (κ2) is 9.71. The molecule has 132 valence electrons. The minimum Gasteiger partial charge on any atom is -0.368 e. The Hall–Kier alpha value is -1.36. The second-order valence-electron chi connectivity index (χ2n) is 6.20. The first-order valence-corrected chi connectivity index (χ1v) is 8.84. The molecule has 1 unspecified atom stereocenters. The molecule has 0 heterocycles. The number of likely N-dealkylation sites (N-methyl/N-ethyl adjacent to an activating group) is 1. The fraction of sp³-hybridized carbons (Fsp3) is 0.778. The Morgan fingerprint density at radius 3 is 2.39 bits per heavy atom. The number of nitrogens with zero attached hydrogens (tertiary/aromatic N) is 1. The van der Waals surface area contributed by atoms with Gasteiger partial charge in [0, 0.05) is 13.1 Å². The van der Waals surface area contributed by atoms with Crippen LogP contribution in [0.15, 0.2) is 12.7 Å². The zero-order valence-corrected chi connectivity index (χ0v) is 14.9. The van der Waals surface area contributed by atoms with Gasteiger partial charge in [-0.1, -0.05) is 25.3 Å². The number of ether oxygens (including phenoxy) is 1. The van der Waals surface area contributed by atoms with E-state index in [1.807, 2.05) is 18.7 Å². The predicted molar refractivity (Wildman–Crippen MR) is 92.1 cm³/mol. The van der Waals surface area contributed by atoms with Crippen molar-refractivity contribution >= 4 is 11.8 Å². The maximum atomic E-state index is 13.0. The third-order valence-corrected chi connectivity index (χ3v) is 4.59. The van der Waals surface area contributed by atoms with Crippen molar-refractivity contribution in [2.75, 3.05) is 19.7 Å². The van der Waals surface area contributed by atoms with Gasteiger partial charge in [-0.2, -0.15) is 0 Å². The number of hydrogen-bond acceptors (Lipinski definition) is 3. The number of carbonyl (C=O) groups is 2. The molecule has 1 atom stereocenters. The fourth-order valence-electron chi connectivity index (χ4n) is 3.10. The van der Waals surface area contributed by atoms with E-state index in [1.54, 1.807) is 13.0 Å². The van der Waals surface area contributed by atoms with Gasteiger partial charge < -0.3 is 15.0 Å². The maximum Gasteiger partial charge on any atom is 0.249 e. The Bertz CT molecular complexity index is 399. The van der Waals surface area contributed by atoms with Crippen molar-refractivity contribution in [3.63, 3.8) is 0 Å². The third kappa shape index (κ3) is 5.34. The molecule has 5 nitrogen and oxygen atoms in total. The molecule has 1 fully saturated rings. The summed E-state index contributed by atoms with van der Waals surface area (Å²) < 4.78 is 5.52. The lowest BCUT2D eigenvalue weighted by molar-refractivity contribution is -0.146. The van der Waals surface area contributed by atoms with E-state index >= 15 is 0 Å². The quantitative estimate of drug-likeness (QED) is 0.524. The highest BCUT2D eigenvalue weighted by molar-refractivity contribution is 5.92. The molecule has 0 aliphatic heterocycles. The molecule has 0 aromatic heterocycles. The van der Waals surface area contributed by atoms with Gasteiger partial charge in [-0.25, -0.2) is 0 Å². The number of rotatable bonds is 9. The van der Waals surface area contributed by atoms with E-state index in [9.17, 15) is 9.59 Å². The molecule has 1 aliphatic carbocycles. The van der Waals surface area contributed by atoms with Crippen LogP contribution in [0, 0.1) is 0 Å². The molecule has 23 heavy (non-hydrogen) atoms. The Morgan fingerprint density at radius 2 is 1.87 bits per heavy atom. The summed E-state index contributed by atoms with van der Waals surface area (Å²) in [4.78, 5) is 27.3. The van der Waals surface area contributed by atoms with Gasteiger partial charge in [0.05, 0.1) is 6.61 Å². The molecule has 5 heteroatoms. The lowest BCUT2D eigenvalue weighted by Crippen LogP contribution is -2.62. The molecule has 0 radical (unpaired) electrons. The van der Waals surface area contributed by atoms with Crippen molar-refractivity contribution in [2.45, 2.75) is 70.9 Å². The molecule has 2 amide bonds. The van der Waals surface area contributed by atoms with Crippen LogP contribution in [-0.4, -0.2) is 48.1 Å². The van der Waals surface area contributed by atoms with E-state index in [2.05, 4.69) is 11.9 Å². The van der Waals surface area contributed by atoms with Crippen LogP contribution in [0.3, 0.4) is 0 Å². The van der Waals surface area contributed by atoms with Crippen LogP contribution in [-0.2, 0) is 14.3 Å². The van der Waals surface area contributed by atoms with Crippen molar-refractivity contribution in [1.82, 2.24) is 10.2 Å². The second-order valence-corrected chi connectivity index (χ2v) is 6.20. The highest BCUT2D eigenvalue weighted by atomic mass is 16.5. The largest absolute Gasteiger partial charge is 0.368 e. The van der Waals surface area contributed by atoms with Crippen molar-refractivity contribution < 1.29 is 14.3 Å². The molecular formula is C18H32N2O3. The van der Waals surface area contributed by atoms with E-state index in [4.69, 9.17) is 4.74 Å². The number of carbonyl (C=O) groups excluding carboxylic acids is 2. The fourth-order valence-corrected chi connectivity index (χ4v) is 3.10. The van der Waals surface area contributed by atoms with E-state index in [1.165, 1.54) is 0 Å². The topological polar surface area (TPSA) is 58.6 Å². The van der Waals surface area contributed by atoms with Gasteiger partial charge in [-0.3, -0.25) is 9.59 Å². The Kier molecular flexibility index (Phi) is 8.31. The highest BCUT2D eigenvalue weighted by Gasteiger charge is 2.43. The summed E-state index contributed by atoms with van der Waals surface area (Å²) >= 11 is 0. The van der Waals surface area contributed by atoms with Crippen molar-refractivity contribution in [1.29, 1.82) is 0 Å². The van der Waals surface area contributed by atoms with Crippen LogP contribution in [0.2, 0.25) is 0 Å². The summed E-state index contributed by atoms with van der Waals surface area (Å²) in [6, 6.07) is 0. The molecule has 1 aliphatic rings. The van der Waals surface area contributed by atoms with Crippen LogP contribution in [0.25, 0.3) is 0 Å². The maximum absolute atomic E-state index is 13.0. The van der Waals surface area contributed by atoms with Gasteiger partial charge in [0.2, 0.25) is 11.8 Å². The van der Waals surface area contributed by atoms with E-state index < -0.39 is 11.6 Å². The minimum absolute atomic E-state index is 0.0499. The first-order chi connectivity index (χ1) is 11.0. The lowest BCUT2D eigenvalue weighted by Gasteiger charge is -2.40. The molecule has 0 aromatic rings. The number of amides is 2. The SMILES string of the molecule is C=CCCOC(C)C(=O)NC1(C(=O)N(CC)CC)CCCCC1. The van der Waals surface area contributed by atoms with Gasteiger partial charge in [-0.05, 0) is 40.0 Å². The van der Waals surface area contributed by atoms with Crippen LogP contribution >= 0.6 is 0 Å². The predicted octanol–water partition coefficient (Wildman–Crippen LogP) is 2.66. The summed E-state index contributed by atoms with van der Waals surface area (Å²) in [6.07, 6.45) is 6.41. The zero-order chi connectivity index (χ0) is 17.3. The molecule has 0 spiro atoms. The lowest BCUT2D eigenvalue weighted by atomic mass is 9.80. The third-order valence-electron chi connectivity index (χ3n) is 4.59. The summed E-state index contributed by atoms with van der Waals surface area (Å²) in [5.74, 6) is -0.148. The van der Waals surface area contributed by atoms with Crippen molar-refractivity contribution in [2.24, 2.45) is 0 Å². The molecular weight excluding hydrogens is 292 g/mol. The highest BCUT2D eigenvalue weighted by Crippen LogP contribution is 2.30.